The molecule has 3 aliphatic carbocycles. The summed E-state index contributed by atoms with van der Waals surface area (Å²) in [6, 6.07) is 44.3. The van der Waals surface area contributed by atoms with Gasteiger partial charge < -0.3 is 37.3 Å². The van der Waals surface area contributed by atoms with Gasteiger partial charge in [-0.15, -0.1) is 0 Å². The molecule has 1 heterocycles. The van der Waals surface area contributed by atoms with Gasteiger partial charge in [-0.3, -0.25) is 24.2 Å². The molecule has 0 unspecified atom stereocenters. The Labute approximate surface area is 542 Å². The number of ketones is 2. The molecule has 462 valence electrons. The summed E-state index contributed by atoms with van der Waals surface area (Å²) in [7, 11) is -1.00. The molecule has 0 atom stereocenters. The Morgan fingerprint density at radius 1 is 0.565 bits per heavy atom. The van der Waals surface area contributed by atoms with E-state index in [1.165, 1.54) is 101 Å². The zero-order chi connectivity index (χ0) is 61.7. The van der Waals surface area contributed by atoms with Crippen molar-refractivity contribution in [2.45, 2.75) is 182 Å². The first-order valence-corrected chi connectivity index (χ1v) is 31.4. The van der Waals surface area contributed by atoms with Gasteiger partial charge in [-0.25, -0.2) is 9.59 Å². The van der Waals surface area contributed by atoms with Crippen LogP contribution >= 0.6 is 15.9 Å². The van der Waals surface area contributed by atoms with Gasteiger partial charge in [0.2, 0.25) is 0 Å². The first-order valence-electron chi connectivity index (χ1n) is 31.0. The predicted octanol–water partition coefficient (Wildman–Crippen LogP) is 14.9. The number of para-hydroxylation sites is 6. The molecule has 0 aromatic heterocycles. The molecule has 6 N–H and O–H groups in total. The van der Waals surface area contributed by atoms with Crippen molar-refractivity contribution < 1.29 is 70.1 Å². The van der Waals surface area contributed by atoms with Crippen molar-refractivity contribution in [2.75, 3.05) is 64.1 Å². The van der Waals surface area contributed by atoms with Crippen LogP contribution in [0.2, 0.25) is 0 Å². The summed E-state index contributed by atoms with van der Waals surface area (Å²) in [5.41, 5.74) is 12.3. The van der Waals surface area contributed by atoms with E-state index in [1.807, 2.05) is 169 Å². The second kappa shape index (κ2) is 41.6. The fourth-order valence-corrected chi connectivity index (χ4v) is 10.4. The zero-order valence-corrected chi connectivity index (χ0v) is 55.6. The monoisotopic (exact) mass is 1250 g/mol. The number of halogens is 2. The van der Waals surface area contributed by atoms with Crippen LogP contribution in [0, 0.1) is 10.8 Å². The summed E-state index contributed by atoms with van der Waals surface area (Å²) in [6.07, 6.45) is 20.5. The van der Waals surface area contributed by atoms with E-state index >= 15 is 0 Å². The molecule has 4 aliphatic rings. The largest absolute Gasteiger partial charge is 1.00 e. The molecule has 9 rings (SSSR count). The minimum Gasteiger partial charge on any atom is -1.00 e. The molecule has 1 saturated heterocycles. The van der Waals surface area contributed by atoms with Gasteiger partial charge in [-0.1, -0.05) is 212 Å². The Morgan fingerprint density at radius 2 is 0.953 bits per heavy atom. The summed E-state index contributed by atoms with van der Waals surface area (Å²) in [5.74, 6) is 0.231. The van der Waals surface area contributed by atoms with Gasteiger partial charge in [-0.05, 0) is 98.9 Å². The number of rotatable bonds is 15. The quantitative estimate of drug-likeness (QED) is 0.0384. The third kappa shape index (κ3) is 29.7. The molecular formula is C69H99BrFN6NaO7. The molecule has 0 bridgehead atoms. The number of nitrogens with one attached hydrogen (secondary N) is 4. The van der Waals surface area contributed by atoms with E-state index in [4.69, 9.17) is 21.3 Å². The number of nitrogens with two attached hydrogens (primary N) is 1. The number of alkyl halides is 2. The second-order valence-electron chi connectivity index (χ2n) is 23.7. The van der Waals surface area contributed by atoms with Crippen LogP contribution in [0.1, 0.15) is 165 Å². The van der Waals surface area contributed by atoms with Crippen LogP contribution in [0.4, 0.5) is 48.1 Å². The summed E-state index contributed by atoms with van der Waals surface area (Å²) >= 11 is 3.10. The minimum absolute atomic E-state index is 0. The van der Waals surface area contributed by atoms with Crippen LogP contribution < -0.4 is 61.5 Å². The molecule has 85 heavy (non-hydrogen) atoms. The molecule has 3 saturated carbocycles. The topological polar surface area (TPSA) is 173 Å². The molecule has 1 aliphatic heterocycles. The van der Waals surface area contributed by atoms with Crippen LogP contribution in [0.5, 0.6) is 0 Å². The average molecular weight is 1250 g/mol. The van der Waals surface area contributed by atoms with E-state index < -0.39 is 24.8 Å². The van der Waals surface area contributed by atoms with E-state index in [2.05, 4.69) is 43.3 Å². The fourth-order valence-electron chi connectivity index (χ4n) is 9.58. The number of hydrogen-bond acceptors (Lipinski definition) is 11. The Morgan fingerprint density at radius 3 is 1.38 bits per heavy atom. The number of nitrogens with zero attached hydrogens (tertiary/aromatic N) is 1. The first kappa shape index (κ1) is 72.0. The standard InChI is InChI=1S/C26H34N2O3.C20H24N2O2.C12H18N2.C6H11BrO.C4H8O.CH3F.Na.H/c1-26(2,3)24(29)18-28(25(30)31-19-20-12-6-4-7-13-20)23-17-11-10-16-22(23)27-21-14-8-5-9-15-21;23-20(24-15-16-9-3-1-4-10-16)22-19-14-8-7-13-18(19)21-17-11-5-2-6-12-17;13-11-8-4-5-9-12(11)14-10-6-2-1-3-7-10;1-6(2,3)5(8)4-7;1-2-4-5-3-1;1-2;;/h4,6-7,10-13,16-17,21,27H,5,8-9,14-15,18-19H2,1-3H3;1,3-4,7-10,13-14,17,21H,2,5-6,11-12,15H2,(H,22,23);4-5,8-10,14H,1-3,6-7,13H2;4H2,1-3H3;1-4H2;1H3;;/q;;;;;;+1;-1/i;;;;;1D;;. The number of benzene rings is 5. The van der Waals surface area contributed by atoms with Crippen LogP contribution in [0.15, 0.2) is 133 Å². The molecule has 13 nitrogen and oxygen atoms in total. The Hall–Kier alpha value is -5.45. The maximum absolute atomic E-state index is 13.1. The fraction of sp³-hybridized carbons (Fsp3) is 0.507. The normalized spacial score (nSPS) is 15.2. The van der Waals surface area contributed by atoms with Crippen molar-refractivity contribution in [3.8, 4) is 0 Å². The maximum Gasteiger partial charge on any atom is 1.00 e. The van der Waals surface area contributed by atoms with Gasteiger partial charge >= 0.3 is 41.7 Å². The van der Waals surface area contributed by atoms with Crippen LogP contribution in [-0.4, -0.2) is 74.1 Å². The predicted molar refractivity (Wildman–Crippen MR) is 350 cm³/mol. The third-order valence-electron chi connectivity index (χ3n) is 14.8. The van der Waals surface area contributed by atoms with Crippen LogP contribution in [0.3, 0.4) is 0 Å². The zero-order valence-electron chi connectivity index (χ0n) is 54.0. The Bertz CT molecular complexity index is 2660. The summed E-state index contributed by atoms with van der Waals surface area (Å²) < 4.78 is 31.4. The number of ether oxygens (including phenoxy) is 3. The SMILES string of the molecule is C1CCOC1.CC(C)(C)C(=O)CBr.CC(C)(C)C(=O)CN(C(=O)OCc1ccccc1)c1ccccc1NC1CCCCC1.Nc1ccccc1NC1CCCCC1.O=C(Nc1ccccc1NC1CCCCC1)OCc1ccccc1.[2H]CF.[H-].[Na+]. The molecule has 16 heteroatoms. The summed E-state index contributed by atoms with van der Waals surface area (Å²) in [6.45, 7) is 13.8. The van der Waals surface area contributed by atoms with Crippen molar-refractivity contribution >= 4 is 73.8 Å². The van der Waals surface area contributed by atoms with Gasteiger partial charge in [0.05, 0.1) is 54.5 Å². The average Bonchev–Trinajstić information content (AvgIpc) is 4.13. The summed E-state index contributed by atoms with van der Waals surface area (Å²) in [4.78, 5) is 50.3. The molecule has 5 aromatic carbocycles. The second-order valence-corrected chi connectivity index (χ2v) is 24.3. The minimum atomic E-state index is -1.00. The molecule has 2 amide bonds. The Balaban J connectivity index is 0.000000405. The van der Waals surface area contributed by atoms with Gasteiger partial charge in [0.15, 0.2) is 5.78 Å². The molecule has 0 radical (unpaired) electrons. The number of carbonyl (C=O) groups is 4. The number of hydrogen-bond donors (Lipinski definition) is 5. The van der Waals surface area contributed by atoms with Gasteiger partial charge in [0.25, 0.3) is 0 Å². The van der Waals surface area contributed by atoms with Crippen molar-refractivity contribution in [1.82, 2.24) is 0 Å². The van der Waals surface area contributed by atoms with E-state index in [9.17, 15) is 23.6 Å². The van der Waals surface area contributed by atoms with Gasteiger partial charge in [0.1, 0.15) is 19.0 Å². The van der Waals surface area contributed by atoms with Gasteiger partial charge in [-0.2, -0.15) is 0 Å². The maximum atomic E-state index is 13.1. The number of amides is 2. The number of carbonyl (C=O) groups excluding carboxylic acids is 4. The first-order chi connectivity index (χ1) is 40.9. The molecule has 5 aromatic rings. The number of anilines is 6. The van der Waals surface area contributed by atoms with Crippen molar-refractivity contribution in [3.63, 3.8) is 0 Å². The van der Waals surface area contributed by atoms with Crippen LogP contribution in [-0.2, 0) is 37.0 Å². The van der Waals surface area contributed by atoms with E-state index in [0.717, 1.165) is 65.6 Å². The van der Waals surface area contributed by atoms with E-state index in [0.29, 0.717) is 29.1 Å². The molecule has 0 spiro atoms. The van der Waals surface area contributed by atoms with E-state index in [1.54, 1.807) is 0 Å². The Kier molecular flexibility index (Phi) is 35.3. The number of Topliss-reactive ketones (excluding diaryl/α,β-unsaturated/α-hetero) is 2. The van der Waals surface area contributed by atoms with Crippen molar-refractivity contribution in [3.05, 3.63) is 145 Å². The van der Waals surface area contributed by atoms with Gasteiger partial charge in [0, 0.05) is 42.2 Å². The smallest absolute Gasteiger partial charge is 1.00 e. The molecule has 4 fully saturated rings. The van der Waals surface area contributed by atoms with Crippen LogP contribution in [0.25, 0.3) is 0 Å². The van der Waals surface area contributed by atoms with Crippen molar-refractivity contribution in [1.29, 1.82) is 0 Å². The van der Waals surface area contributed by atoms with E-state index in [-0.39, 0.29) is 67.7 Å². The third-order valence-corrected chi connectivity index (χ3v) is 15.3. The summed E-state index contributed by atoms with van der Waals surface area (Å²) in [5, 5.41) is 14.0. The number of nitrogen functional groups attached to an aromatic ring is 1. The van der Waals surface area contributed by atoms with Crippen molar-refractivity contribution in [2.24, 2.45) is 10.8 Å². The molecular weight excluding hydrogens is 1150 g/mol.